The zero-order chi connectivity index (χ0) is 26.1. The molecule has 5 aromatic rings. The maximum absolute atomic E-state index is 6.29. The predicted octanol–water partition coefficient (Wildman–Crippen LogP) is 7.09. The summed E-state index contributed by atoms with van der Waals surface area (Å²) < 4.78 is 12.2. The number of aromatic amines is 1. The van der Waals surface area contributed by atoms with Gasteiger partial charge in [0.15, 0.2) is 0 Å². The van der Waals surface area contributed by atoms with Crippen molar-refractivity contribution in [2.75, 3.05) is 13.2 Å². The molecule has 1 aliphatic heterocycles. The Balaban J connectivity index is 1.25. The van der Waals surface area contributed by atoms with Gasteiger partial charge in [-0.2, -0.15) is 0 Å². The van der Waals surface area contributed by atoms with Gasteiger partial charge < -0.3 is 14.5 Å². The van der Waals surface area contributed by atoms with Gasteiger partial charge >= 0.3 is 0 Å². The van der Waals surface area contributed by atoms with E-state index in [4.69, 9.17) is 14.5 Å². The molecule has 2 atom stereocenters. The molecule has 0 bridgehead atoms. The van der Waals surface area contributed by atoms with E-state index in [1.807, 2.05) is 19.1 Å². The summed E-state index contributed by atoms with van der Waals surface area (Å²) in [5.41, 5.74) is 7.77. The molecule has 3 heterocycles. The van der Waals surface area contributed by atoms with E-state index in [-0.39, 0.29) is 0 Å². The number of aryl methyl sites for hydroxylation is 1. The maximum atomic E-state index is 6.29. The standard InChI is InChI=1S/C32H34N4O2/c1-4-12-37-26-7-9-28-27(18-26)30(34-19-33-28)16-22-11-13-38-32-10-6-23(15-25(32)14-20(22)2)24-5-8-29-31(17-24)36-21(3)35-29/h5-10,15,17-20,22H,4,11-14,16H2,1-3H3,(H,35,36). The van der Waals surface area contributed by atoms with Crippen molar-refractivity contribution in [3.05, 3.63) is 78.0 Å². The van der Waals surface area contributed by atoms with Crippen LogP contribution >= 0.6 is 0 Å². The highest BCUT2D eigenvalue weighted by atomic mass is 16.5. The van der Waals surface area contributed by atoms with Crippen molar-refractivity contribution in [3.8, 4) is 22.6 Å². The van der Waals surface area contributed by atoms with Crippen LogP contribution < -0.4 is 9.47 Å². The van der Waals surface area contributed by atoms with Gasteiger partial charge in [-0.05, 0) is 104 Å². The van der Waals surface area contributed by atoms with E-state index >= 15 is 0 Å². The van der Waals surface area contributed by atoms with E-state index in [2.05, 4.69) is 71.3 Å². The van der Waals surface area contributed by atoms with Gasteiger partial charge in [-0.25, -0.2) is 15.0 Å². The summed E-state index contributed by atoms with van der Waals surface area (Å²) in [5, 5.41) is 1.09. The van der Waals surface area contributed by atoms with Crippen LogP contribution in [-0.4, -0.2) is 33.1 Å². The molecule has 0 aliphatic carbocycles. The number of nitrogens with zero attached hydrogens (tertiary/aromatic N) is 3. The molecule has 0 saturated carbocycles. The number of benzene rings is 3. The van der Waals surface area contributed by atoms with Gasteiger partial charge in [0.1, 0.15) is 23.7 Å². The van der Waals surface area contributed by atoms with Crippen molar-refractivity contribution in [1.82, 2.24) is 19.9 Å². The first kappa shape index (κ1) is 24.4. The summed E-state index contributed by atoms with van der Waals surface area (Å²) in [6, 6.07) is 19.2. The molecular weight excluding hydrogens is 472 g/mol. The molecule has 194 valence electrons. The Morgan fingerprint density at radius 3 is 2.74 bits per heavy atom. The van der Waals surface area contributed by atoms with Crippen molar-refractivity contribution < 1.29 is 9.47 Å². The van der Waals surface area contributed by atoms with Crippen molar-refractivity contribution in [1.29, 1.82) is 0 Å². The molecule has 1 N–H and O–H groups in total. The topological polar surface area (TPSA) is 72.9 Å². The van der Waals surface area contributed by atoms with Crippen LogP contribution in [0.15, 0.2) is 60.9 Å². The predicted molar refractivity (Wildman–Crippen MR) is 152 cm³/mol. The molecule has 0 saturated heterocycles. The van der Waals surface area contributed by atoms with E-state index in [1.165, 1.54) is 16.7 Å². The summed E-state index contributed by atoms with van der Waals surface area (Å²) in [6.07, 6.45) is 5.53. The number of nitrogens with one attached hydrogen (secondary N) is 1. The molecule has 3 aromatic carbocycles. The lowest BCUT2D eigenvalue weighted by atomic mass is 9.81. The molecular formula is C32H34N4O2. The van der Waals surface area contributed by atoms with Crippen molar-refractivity contribution in [2.45, 2.75) is 46.5 Å². The first-order chi connectivity index (χ1) is 18.6. The van der Waals surface area contributed by atoms with Gasteiger partial charge in [-0.15, -0.1) is 0 Å². The van der Waals surface area contributed by atoms with Crippen LogP contribution in [0.4, 0.5) is 0 Å². The SMILES string of the molecule is CCCOc1ccc2ncnc(CC3CCOc4ccc(-c5ccc6nc(C)[nH]c6c5)cc4CC3C)c2c1. The molecule has 6 rings (SSSR count). The average Bonchev–Trinajstić information content (AvgIpc) is 3.30. The lowest BCUT2D eigenvalue weighted by Gasteiger charge is -2.28. The second-order valence-electron chi connectivity index (χ2n) is 10.5. The molecule has 0 amide bonds. The summed E-state index contributed by atoms with van der Waals surface area (Å²) in [4.78, 5) is 17.1. The molecule has 0 fully saturated rings. The lowest BCUT2D eigenvalue weighted by Crippen LogP contribution is -2.23. The fourth-order valence-corrected chi connectivity index (χ4v) is 5.61. The highest BCUT2D eigenvalue weighted by Crippen LogP contribution is 2.35. The quantitative estimate of drug-likeness (QED) is 0.266. The van der Waals surface area contributed by atoms with Crippen molar-refractivity contribution in [3.63, 3.8) is 0 Å². The molecule has 38 heavy (non-hydrogen) atoms. The van der Waals surface area contributed by atoms with Crippen molar-refractivity contribution >= 4 is 21.9 Å². The number of hydrogen-bond donors (Lipinski definition) is 1. The summed E-state index contributed by atoms with van der Waals surface area (Å²) in [6.45, 7) is 7.89. The third kappa shape index (κ3) is 4.95. The Bertz CT molecular complexity index is 1590. The Hall–Kier alpha value is -3.93. The van der Waals surface area contributed by atoms with Crippen LogP contribution in [-0.2, 0) is 12.8 Å². The number of H-pyrrole nitrogens is 1. The third-order valence-electron chi connectivity index (χ3n) is 7.70. The minimum atomic E-state index is 0.453. The minimum Gasteiger partial charge on any atom is -0.494 e. The fraction of sp³-hybridized carbons (Fsp3) is 0.344. The van der Waals surface area contributed by atoms with E-state index in [9.17, 15) is 0 Å². The molecule has 2 unspecified atom stereocenters. The first-order valence-corrected chi connectivity index (χ1v) is 13.7. The van der Waals surface area contributed by atoms with E-state index in [0.717, 1.165) is 70.6 Å². The highest BCUT2D eigenvalue weighted by Gasteiger charge is 2.24. The van der Waals surface area contributed by atoms with Gasteiger partial charge in [0.25, 0.3) is 0 Å². The largest absolute Gasteiger partial charge is 0.494 e. The van der Waals surface area contributed by atoms with E-state index < -0.39 is 0 Å². The van der Waals surface area contributed by atoms with Gasteiger partial charge in [-0.1, -0.05) is 26.0 Å². The number of hydrogen-bond acceptors (Lipinski definition) is 5. The summed E-state index contributed by atoms with van der Waals surface area (Å²) in [5.74, 6) is 3.76. The monoisotopic (exact) mass is 506 g/mol. The minimum absolute atomic E-state index is 0.453. The first-order valence-electron chi connectivity index (χ1n) is 13.7. The highest BCUT2D eigenvalue weighted by molar-refractivity contribution is 5.83. The second-order valence-corrected chi connectivity index (χ2v) is 10.5. The van der Waals surface area contributed by atoms with Crippen LogP contribution in [0.5, 0.6) is 11.5 Å². The van der Waals surface area contributed by atoms with E-state index in [0.29, 0.717) is 25.0 Å². The van der Waals surface area contributed by atoms with Crippen LogP contribution in [0.3, 0.4) is 0 Å². The Labute approximate surface area is 223 Å². The molecule has 6 heteroatoms. The Kier molecular flexibility index (Phi) is 6.71. The summed E-state index contributed by atoms with van der Waals surface area (Å²) in [7, 11) is 0. The zero-order valence-electron chi connectivity index (χ0n) is 22.3. The van der Waals surface area contributed by atoms with Crippen molar-refractivity contribution in [2.24, 2.45) is 11.8 Å². The molecule has 2 aromatic heterocycles. The second kappa shape index (κ2) is 10.4. The molecule has 0 spiro atoms. The van der Waals surface area contributed by atoms with E-state index in [1.54, 1.807) is 6.33 Å². The lowest BCUT2D eigenvalue weighted by molar-refractivity contribution is 0.221. The van der Waals surface area contributed by atoms with Crippen LogP contribution in [0.1, 0.15) is 43.8 Å². The Morgan fingerprint density at radius 2 is 1.84 bits per heavy atom. The normalized spacial score (nSPS) is 17.6. The van der Waals surface area contributed by atoms with Gasteiger partial charge in [0.2, 0.25) is 0 Å². The van der Waals surface area contributed by atoms with Gasteiger partial charge in [0.05, 0.1) is 35.5 Å². The number of rotatable bonds is 6. The molecule has 6 nitrogen and oxygen atoms in total. The maximum Gasteiger partial charge on any atom is 0.122 e. The average molecular weight is 507 g/mol. The summed E-state index contributed by atoms with van der Waals surface area (Å²) >= 11 is 0. The van der Waals surface area contributed by atoms with Gasteiger partial charge in [-0.3, -0.25) is 0 Å². The number of ether oxygens (including phenoxy) is 2. The van der Waals surface area contributed by atoms with Crippen LogP contribution in [0.2, 0.25) is 0 Å². The fourth-order valence-electron chi connectivity index (χ4n) is 5.61. The Morgan fingerprint density at radius 1 is 1.00 bits per heavy atom. The van der Waals surface area contributed by atoms with Gasteiger partial charge in [0, 0.05) is 5.39 Å². The number of imidazole rings is 1. The third-order valence-corrected chi connectivity index (χ3v) is 7.70. The molecule has 0 radical (unpaired) electrons. The zero-order valence-corrected chi connectivity index (χ0v) is 22.3. The number of aromatic nitrogens is 4. The van der Waals surface area contributed by atoms with Crippen LogP contribution in [0.25, 0.3) is 33.1 Å². The smallest absolute Gasteiger partial charge is 0.122 e. The molecule has 1 aliphatic rings. The van der Waals surface area contributed by atoms with Crippen LogP contribution in [0, 0.1) is 18.8 Å². The number of fused-ring (bicyclic) bond motifs is 3.